The van der Waals surface area contributed by atoms with Crippen molar-refractivity contribution in [2.24, 2.45) is 0 Å². The number of aliphatic hydroxyl groups is 1. The van der Waals surface area contributed by atoms with Gasteiger partial charge in [0.2, 0.25) is 0 Å². The first-order valence-corrected chi connectivity index (χ1v) is 11.7. The number of ether oxygens (including phenoxy) is 1. The summed E-state index contributed by atoms with van der Waals surface area (Å²) in [6.07, 6.45) is 0. The van der Waals surface area contributed by atoms with Crippen LogP contribution < -0.4 is 9.64 Å². The Morgan fingerprint density at radius 1 is 0.714 bits per heavy atom. The zero-order chi connectivity index (χ0) is 24.0. The van der Waals surface area contributed by atoms with E-state index in [-0.39, 0.29) is 11.8 Å². The summed E-state index contributed by atoms with van der Waals surface area (Å²) in [6.45, 7) is 0.277. The Hall–Kier alpha value is -4.13. The first kappa shape index (κ1) is 22.7. The highest BCUT2D eigenvalue weighted by atomic mass is 32.1. The molecule has 0 saturated heterocycles. The van der Waals surface area contributed by atoms with Crippen molar-refractivity contribution >= 4 is 34.1 Å². The molecule has 0 fully saturated rings. The van der Waals surface area contributed by atoms with Gasteiger partial charge in [-0.2, -0.15) is 0 Å². The fraction of sp³-hybridized carbons (Fsp3) is 0.0690. The molecule has 5 nitrogen and oxygen atoms in total. The van der Waals surface area contributed by atoms with Crippen LogP contribution in [0.3, 0.4) is 0 Å². The maximum Gasteiger partial charge on any atom is 0.269 e. The Kier molecular flexibility index (Phi) is 6.75. The fourth-order valence-electron chi connectivity index (χ4n) is 3.88. The zero-order valence-corrected chi connectivity index (χ0v) is 19.7. The lowest BCUT2D eigenvalue weighted by Gasteiger charge is -2.24. The predicted octanol–water partition coefficient (Wildman–Crippen LogP) is 6.13. The summed E-state index contributed by atoms with van der Waals surface area (Å²) in [4.78, 5) is 11.7. The molecule has 1 N–H and O–H groups in total. The first-order chi connectivity index (χ1) is 17.2. The van der Waals surface area contributed by atoms with Crippen LogP contribution in [0.25, 0.3) is 33.5 Å². The molecule has 172 valence electrons. The largest absolute Gasteiger partial charge is 0.431 e. The summed E-state index contributed by atoms with van der Waals surface area (Å²) in [5.74, 6) is 0.558. The number of nitrogens with zero attached hydrogens (tertiary/aromatic N) is 3. The van der Waals surface area contributed by atoms with Gasteiger partial charge in [-0.3, -0.25) is 0 Å². The second-order valence-electron chi connectivity index (χ2n) is 7.88. The monoisotopic (exact) mass is 477 g/mol. The summed E-state index contributed by atoms with van der Waals surface area (Å²) in [7, 11) is 0. The third kappa shape index (κ3) is 5.04. The van der Waals surface area contributed by atoms with Crippen molar-refractivity contribution in [1.82, 2.24) is 9.97 Å². The lowest BCUT2D eigenvalue weighted by atomic mass is 10.0. The summed E-state index contributed by atoms with van der Waals surface area (Å²) in [5, 5.41) is 9.79. The molecule has 4 aromatic carbocycles. The molecule has 0 unspecified atom stereocenters. The quantitative estimate of drug-likeness (QED) is 0.297. The first-order valence-electron chi connectivity index (χ1n) is 11.3. The molecule has 0 aliphatic heterocycles. The number of aliphatic hydroxyl groups excluding tert-OH is 1. The lowest BCUT2D eigenvalue weighted by Crippen LogP contribution is -2.35. The number of hydrogen-bond donors (Lipinski definition) is 1. The molecule has 0 saturated carbocycles. The standard InChI is InChI=1S/C29H23N3O2S/c33-19-18-32(23-14-8-3-9-15-23)29(35)34-24-16-17-25-26(20-24)31-28(22-12-6-2-7-13-22)27(30-25)21-10-4-1-5-11-21/h1-17,20,33H,18-19H2. The van der Waals surface area contributed by atoms with E-state index in [4.69, 9.17) is 26.9 Å². The van der Waals surface area contributed by atoms with Gasteiger partial charge in [-0.1, -0.05) is 78.9 Å². The summed E-state index contributed by atoms with van der Waals surface area (Å²) in [6, 6.07) is 35.3. The molecule has 0 amide bonds. The van der Waals surface area contributed by atoms with Gasteiger partial charge < -0.3 is 14.7 Å². The van der Waals surface area contributed by atoms with E-state index in [0.29, 0.717) is 17.8 Å². The average molecular weight is 478 g/mol. The van der Waals surface area contributed by atoms with Crippen LogP contribution >= 0.6 is 12.2 Å². The third-order valence-electron chi connectivity index (χ3n) is 5.55. The molecule has 35 heavy (non-hydrogen) atoms. The van der Waals surface area contributed by atoms with Gasteiger partial charge in [0.25, 0.3) is 5.17 Å². The van der Waals surface area contributed by atoms with Crippen molar-refractivity contribution < 1.29 is 9.84 Å². The van der Waals surface area contributed by atoms with E-state index in [1.54, 1.807) is 4.90 Å². The van der Waals surface area contributed by atoms with Gasteiger partial charge in [-0.05, 0) is 36.5 Å². The van der Waals surface area contributed by atoms with E-state index in [1.807, 2.05) is 109 Å². The number of para-hydroxylation sites is 1. The van der Waals surface area contributed by atoms with Gasteiger partial charge in [0.05, 0.1) is 35.6 Å². The minimum atomic E-state index is -0.0513. The molecular weight excluding hydrogens is 454 g/mol. The number of fused-ring (bicyclic) bond motifs is 1. The van der Waals surface area contributed by atoms with Crippen molar-refractivity contribution in [3.8, 4) is 28.3 Å². The second kappa shape index (κ2) is 10.4. The van der Waals surface area contributed by atoms with Crippen LogP contribution in [0.15, 0.2) is 109 Å². The maximum atomic E-state index is 9.54. The normalized spacial score (nSPS) is 10.8. The Morgan fingerprint density at radius 3 is 1.83 bits per heavy atom. The Balaban J connectivity index is 1.53. The second-order valence-corrected chi connectivity index (χ2v) is 8.23. The van der Waals surface area contributed by atoms with E-state index in [0.717, 1.165) is 33.7 Å². The molecule has 5 aromatic rings. The molecule has 0 aliphatic carbocycles. The van der Waals surface area contributed by atoms with Gasteiger partial charge in [0, 0.05) is 22.9 Å². The van der Waals surface area contributed by atoms with Gasteiger partial charge in [-0.25, -0.2) is 9.97 Å². The molecule has 0 radical (unpaired) electrons. The minimum absolute atomic E-state index is 0.0513. The van der Waals surface area contributed by atoms with E-state index < -0.39 is 0 Å². The highest BCUT2D eigenvalue weighted by Gasteiger charge is 2.16. The lowest BCUT2D eigenvalue weighted by molar-refractivity contribution is 0.305. The van der Waals surface area contributed by atoms with Gasteiger partial charge >= 0.3 is 0 Å². The molecule has 0 spiro atoms. The minimum Gasteiger partial charge on any atom is -0.431 e. The van der Waals surface area contributed by atoms with Gasteiger partial charge in [0.15, 0.2) is 0 Å². The molecule has 5 rings (SSSR count). The molecule has 1 aromatic heterocycles. The Morgan fingerprint density at radius 2 is 1.26 bits per heavy atom. The maximum absolute atomic E-state index is 9.54. The highest BCUT2D eigenvalue weighted by Crippen LogP contribution is 2.32. The van der Waals surface area contributed by atoms with Gasteiger partial charge in [0.1, 0.15) is 5.75 Å². The van der Waals surface area contributed by atoms with Crippen LogP contribution in [-0.4, -0.2) is 33.4 Å². The van der Waals surface area contributed by atoms with E-state index in [2.05, 4.69) is 0 Å². The van der Waals surface area contributed by atoms with E-state index in [9.17, 15) is 5.11 Å². The molecule has 0 aliphatic rings. The summed E-state index contributed by atoms with van der Waals surface area (Å²) >= 11 is 5.57. The smallest absolute Gasteiger partial charge is 0.269 e. The summed E-state index contributed by atoms with van der Waals surface area (Å²) < 4.78 is 6.03. The molecule has 0 atom stereocenters. The highest BCUT2D eigenvalue weighted by molar-refractivity contribution is 7.80. The molecular formula is C29H23N3O2S. The van der Waals surface area contributed by atoms with Crippen LogP contribution in [0.2, 0.25) is 0 Å². The van der Waals surface area contributed by atoms with Crippen LogP contribution in [0.5, 0.6) is 5.75 Å². The Bertz CT molecular complexity index is 1450. The number of rotatable bonds is 6. The number of hydrogen-bond acceptors (Lipinski definition) is 5. The SMILES string of the molecule is OCCN(C(=S)Oc1ccc2nc(-c3ccccc3)c(-c3ccccc3)nc2c1)c1ccccc1. The number of anilines is 1. The zero-order valence-electron chi connectivity index (χ0n) is 18.9. The van der Waals surface area contributed by atoms with Crippen molar-refractivity contribution in [3.05, 3.63) is 109 Å². The predicted molar refractivity (Wildman–Crippen MR) is 145 cm³/mol. The van der Waals surface area contributed by atoms with Crippen LogP contribution in [-0.2, 0) is 0 Å². The molecule has 0 bridgehead atoms. The van der Waals surface area contributed by atoms with Crippen LogP contribution in [0.4, 0.5) is 5.69 Å². The fourth-order valence-corrected chi connectivity index (χ4v) is 4.17. The van der Waals surface area contributed by atoms with Crippen molar-refractivity contribution in [1.29, 1.82) is 0 Å². The van der Waals surface area contributed by atoms with Crippen molar-refractivity contribution in [2.75, 3.05) is 18.1 Å². The van der Waals surface area contributed by atoms with Crippen molar-refractivity contribution in [2.45, 2.75) is 0 Å². The van der Waals surface area contributed by atoms with E-state index in [1.165, 1.54) is 0 Å². The van der Waals surface area contributed by atoms with Crippen molar-refractivity contribution in [3.63, 3.8) is 0 Å². The molecule has 6 heteroatoms. The Labute approximate surface area is 209 Å². The third-order valence-corrected chi connectivity index (χ3v) is 5.85. The summed E-state index contributed by atoms with van der Waals surface area (Å²) in [5.41, 5.74) is 5.94. The van der Waals surface area contributed by atoms with Gasteiger partial charge in [-0.15, -0.1) is 0 Å². The number of thiocarbonyl (C=S) groups is 1. The van der Waals surface area contributed by atoms with Crippen LogP contribution in [0.1, 0.15) is 0 Å². The average Bonchev–Trinajstić information content (AvgIpc) is 2.92. The van der Waals surface area contributed by atoms with Crippen LogP contribution in [0, 0.1) is 0 Å². The van der Waals surface area contributed by atoms with E-state index >= 15 is 0 Å². The number of aromatic nitrogens is 2. The number of benzene rings is 4. The topological polar surface area (TPSA) is 58.5 Å². The molecule has 1 heterocycles.